The first-order chi connectivity index (χ1) is 15.3. The number of aliphatic carboxylic acids is 1. The lowest BCUT2D eigenvalue weighted by Gasteiger charge is -2.23. The minimum absolute atomic E-state index is 0.0291. The zero-order valence-corrected chi connectivity index (χ0v) is 17.4. The van der Waals surface area contributed by atoms with Crippen molar-refractivity contribution in [2.75, 3.05) is 12.0 Å². The smallest absolute Gasteiger partial charge is 0.305 e. The summed E-state index contributed by atoms with van der Waals surface area (Å²) in [4.78, 5) is 60.6. The standard InChI is InChI=1S/C22H24FN3O6/c1-2-19(28)24-15-9-6-10-26(22(15)32)17(11-14-7-4-3-5-8-14)21(31)25-16(12-20(29)30)18(27)13-23/h3-10,16-17H,2,11-13H2,1H3,(H,24,28)(H,25,31)(H,29,30)/t16?,17-/m0/s1. The highest BCUT2D eigenvalue weighted by Gasteiger charge is 2.29. The van der Waals surface area contributed by atoms with Gasteiger partial charge in [0.25, 0.3) is 5.56 Å². The first-order valence-corrected chi connectivity index (χ1v) is 9.92. The lowest BCUT2D eigenvalue weighted by Crippen LogP contribution is -2.47. The quantitative estimate of drug-likeness (QED) is 0.480. The third-order valence-electron chi connectivity index (χ3n) is 4.70. The fourth-order valence-electron chi connectivity index (χ4n) is 3.02. The van der Waals surface area contributed by atoms with Crippen LogP contribution in [-0.2, 0) is 25.6 Å². The van der Waals surface area contributed by atoms with E-state index in [1.807, 2.05) is 0 Å². The molecule has 2 aromatic rings. The van der Waals surface area contributed by atoms with Crippen molar-refractivity contribution < 1.29 is 28.7 Å². The Labute approximate surface area is 183 Å². The number of anilines is 1. The molecular weight excluding hydrogens is 421 g/mol. The highest BCUT2D eigenvalue weighted by Crippen LogP contribution is 2.15. The molecule has 1 unspecified atom stereocenters. The molecule has 32 heavy (non-hydrogen) atoms. The molecule has 0 fully saturated rings. The van der Waals surface area contributed by atoms with E-state index in [1.165, 1.54) is 18.3 Å². The number of Topliss-reactive ketones (excluding diaryl/α,β-unsaturated/α-hetero) is 1. The molecular formula is C22H24FN3O6. The number of nitrogens with one attached hydrogen (secondary N) is 2. The fourth-order valence-corrected chi connectivity index (χ4v) is 3.02. The van der Waals surface area contributed by atoms with Crippen LogP contribution < -0.4 is 16.2 Å². The number of carboxylic acids is 1. The van der Waals surface area contributed by atoms with Gasteiger partial charge >= 0.3 is 5.97 Å². The molecule has 0 radical (unpaired) electrons. The van der Waals surface area contributed by atoms with Gasteiger partial charge in [0, 0.05) is 19.0 Å². The minimum Gasteiger partial charge on any atom is -0.481 e. The largest absolute Gasteiger partial charge is 0.481 e. The molecule has 0 aliphatic carbocycles. The van der Waals surface area contributed by atoms with Gasteiger partial charge in [-0.2, -0.15) is 0 Å². The van der Waals surface area contributed by atoms with E-state index in [-0.39, 0.29) is 24.4 Å². The summed E-state index contributed by atoms with van der Waals surface area (Å²) in [6.45, 7) is 0.174. The Bertz CT molecular complexity index is 1040. The van der Waals surface area contributed by atoms with E-state index in [1.54, 1.807) is 37.3 Å². The molecule has 0 saturated heterocycles. The van der Waals surface area contributed by atoms with Crippen LogP contribution in [0.25, 0.3) is 0 Å². The first-order valence-electron chi connectivity index (χ1n) is 9.92. The maximum atomic E-state index is 13.1. The number of aromatic nitrogens is 1. The van der Waals surface area contributed by atoms with Crippen LogP contribution in [0.5, 0.6) is 0 Å². The predicted octanol–water partition coefficient (Wildman–Crippen LogP) is 1.48. The number of benzene rings is 1. The normalized spacial score (nSPS) is 12.4. The Morgan fingerprint density at radius 1 is 1.09 bits per heavy atom. The molecule has 10 heteroatoms. The van der Waals surface area contributed by atoms with E-state index in [2.05, 4.69) is 10.6 Å². The van der Waals surface area contributed by atoms with Gasteiger partial charge in [0.05, 0.1) is 6.42 Å². The number of alkyl halides is 1. The Kier molecular flexibility index (Phi) is 8.82. The SMILES string of the molecule is CCC(=O)Nc1cccn([C@@H](Cc2ccccc2)C(=O)NC(CC(=O)O)C(=O)CF)c1=O. The van der Waals surface area contributed by atoms with E-state index in [4.69, 9.17) is 5.11 Å². The number of amides is 2. The summed E-state index contributed by atoms with van der Waals surface area (Å²) in [6.07, 6.45) is 0.722. The van der Waals surface area contributed by atoms with Crippen molar-refractivity contribution in [1.29, 1.82) is 0 Å². The van der Waals surface area contributed by atoms with Gasteiger partial charge < -0.3 is 20.3 Å². The van der Waals surface area contributed by atoms with Crippen LogP contribution in [0.15, 0.2) is 53.5 Å². The molecule has 0 spiro atoms. The average Bonchev–Trinajstić information content (AvgIpc) is 2.78. The summed E-state index contributed by atoms with van der Waals surface area (Å²) in [5.41, 5.74) is -0.00161. The highest BCUT2D eigenvalue weighted by molar-refractivity contribution is 5.93. The Balaban J connectivity index is 2.44. The number of carbonyl (C=O) groups is 4. The zero-order valence-electron chi connectivity index (χ0n) is 17.4. The Morgan fingerprint density at radius 3 is 2.38 bits per heavy atom. The van der Waals surface area contributed by atoms with Crippen LogP contribution in [0.1, 0.15) is 31.4 Å². The summed E-state index contributed by atoms with van der Waals surface area (Å²) in [5, 5.41) is 13.7. The molecule has 1 aromatic carbocycles. The van der Waals surface area contributed by atoms with Crippen LogP contribution in [0.2, 0.25) is 0 Å². The lowest BCUT2D eigenvalue weighted by atomic mass is 10.0. The van der Waals surface area contributed by atoms with Gasteiger partial charge in [-0.25, -0.2) is 4.39 Å². The van der Waals surface area contributed by atoms with Crippen molar-refractivity contribution in [3.63, 3.8) is 0 Å². The minimum atomic E-state index is -1.58. The maximum Gasteiger partial charge on any atom is 0.305 e. The average molecular weight is 445 g/mol. The molecule has 2 atom stereocenters. The summed E-state index contributed by atoms with van der Waals surface area (Å²) >= 11 is 0. The second-order valence-corrected chi connectivity index (χ2v) is 7.00. The number of pyridine rings is 1. The van der Waals surface area contributed by atoms with Crippen molar-refractivity contribution in [2.45, 2.75) is 38.3 Å². The third-order valence-corrected chi connectivity index (χ3v) is 4.70. The second kappa shape index (κ2) is 11.5. The van der Waals surface area contributed by atoms with Gasteiger partial charge in [0.15, 0.2) is 5.78 Å². The van der Waals surface area contributed by atoms with Crippen LogP contribution in [0.3, 0.4) is 0 Å². The molecule has 0 bridgehead atoms. The highest BCUT2D eigenvalue weighted by atomic mass is 19.1. The summed E-state index contributed by atoms with van der Waals surface area (Å²) in [6, 6.07) is 8.81. The number of carboxylic acid groups (broad SMARTS) is 1. The van der Waals surface area contributed by atoms with E-state index < -0.39 is 48.4 Å². The number of hydrogen-bond acceptors (Lipinski definition) is 5. The molecule has 3 N–H and O–H groups in total. The zero-order chi connectivity index (χ0) is 23.7. The Morgan fingerprint density at radius 2 is 1.78 bits per heavy atom. The first kappa shape index (κ1) is 24.4. The van der Waals surface area contributed by atoms with Gasteiger partial charge in [0.1, 0.15) is 24.4 Å². The van der Waals surface area contributed by atoms with Crippen LogP contribution >= 0.6 is 0 Å². The van der Waals surface area contributed by atoms with Crippen molar-refractivity contribution in [2.24, 2.45) is 0 Å². The van der Waals surface area contributed by atoms with E-state index in [9.17, 15) is 28.4 Å². The number of hydrogen-bond donors (Lipinski definition) is 3. The number of nitrogens with zero attached hydrogens (tertiary/aromatic N) is 1. The molecule has 9 nitrogen and oxygen atoms in total. The van der Waals surface area contributed by atoms with Crippen molar-refractivity contribution in [3.05, 3.63) is 64.6 Å². The molecule has 170 valence electrons. The summed E-state index contributed by atoms with van der Waals surface area (Å²) in [5.74, 6) is -3.70. The molecule has 0 saturated carbocycles. The molecule has 0 aliphatic rings. The van der Waals surface area contributed by atoms with E-state index in [0.29, 0.717) is 5.56 Å². The molecule has 2 rings (SSSR count). The number of ketones is 1. The summed E-state index contributed by atoms with van der Waals surface area (Å²) in [7, 11) is 0. The van der Waals surface area contributed by atoms with Gasteiger partial charge in [-0.05, 0) is 17.7 Å². The fraction of sp³-hybridized carbons (Fsp3) is 0.318. The number of halogens is 1. The van der Waals surface area contributed by atoms with Gasteiger partial charge in [-0.1, -0.05) is 37.3 Å². The molecule has 0 aliphatic heterocycles. The van der Waals surface area contributed by atoms with Crippen LogP contribution in [0, 0.1) is 0 Å². The predicted molar refractivity (Wildman–Crippen MR) is 114 cm³/mol. The van der Waals surface area contributed by atoms with Crippen molar-refractivity contribution in [1.82, 2.24) is 9.88 Å². The Hall–Kier alpha value is -3.82. The van der Waals surface area contributed by atoms with E-state index in [0.717, 1.165) is 4.57 Å². The van der Waals surface area contributed by atoms with Crippen molar-refractivity contribution >= 4 is 29.3 Å². The maximum absolute atomic E-state index is 13.1. The second-order valence-electron chi connectivity index (χ2n) is 7.00. The monoisotopic (exact) mass is 445 g/mol. The van der Waals surface area contributed by atoms with Gasteiger partial charge in [-0.3, -0.25) is 24.0 Å². The topological polar surface area (TPSA) is 135 Å². The van der Waals surface area contributed by atoms with Gasteiger partial charge in [-0.15, -0.1) is 0 Å². The van der Waals surface area contributed by atoms with Gasteiger partial charge in [0.2, 0.25) is 11.8 Å². The lowest BCUT2D eigenvalue weighted by molar-refractivity contribution is -0.140. The van der Waals surface area contributed by atoms with Crippen LogP contribution in [-0.4, -0.2) is 46.0 Å². The molecule has 2 amide bonds. The van der Waals surface area contributed by atoms with Crippen molar-refractivity contribution in [3.8, 4) is 0 Å². The third kappa shape index (κ3) is 6.59. The number of rotatable bonds is 11. The molecule has 1 heterocycles. The summed E-state index contributed by atoms with van der Waals surface area (Å²) < 4.78 is 14.0. The van der Waals surface area contributed by atoms with Crippen LogP contribution in [0.4, 0.5) is 10.1 Å². The molecule has 1 aromatic heterocycles. The number of carbonyl (C=O) groups excluding carboxylic acids is 3. The van der Waals surface area contributed by atoms with E-state index >= 15 is 0 Å².